The SMILES string of the molecule is CC1=NN(C(=O)Cn2c3c(c4ccccc42)CCCC3)C(O)(C(F)(F)F)C1. The molecule has 1 aliphatic heterocycles. The molecule has 1 aromatic carbocycles. The third kappa shape index (κ3) is 2.74. The second kappa shape index (κ2) is 6.09. The zero-order chi connectivity index (χ0) is 19.4. The molecule has 0 radical (unpaired) electrons. The minimum absolute atomic E-state index is 0.0718. The molecular formula is C19H20F3N3O2. The molecule has 1 unspecified atom stereocenters. The highest BCUT2D eigenvalue weighted by Gasteiger charge is 2.62. The Hall–Kier alpha value is -2.35. The highest BCUT2D eigenvalue weighted by atomic mass is 19.4. The van der Waals surface area contributed by atoms with Crippen LogP contribution in [0.1, 0.15) is 37.4 Å². The van der Waals surface area contributed by atoms with Gasteiger partial charge >= 0.3 is 6.18 Å². The second-order valence-corrected chi connectivity index (χ2v) is 7.27. The van der Waals surface area contributed by atoms with E-state index in [0.29, 0.717) is 0 Å². The van der Waals surface area contributed by atoms with Gasteiger partial charge in [-0.3, -0.25) is 4.79 Å². The number of rotatable bonds is 2. The van der Waals surface area contributed by atoms with Crippen LogP contribution in [-0.4, -0.2) is 38.2 Å². The first kappa shape index (κ1) is 18.0. The topological polar surface area (TPSA) is 57.8 Å². The number of carbonyl (C=O) groups is 1. The number of halogens is 3. The summed E-state index contributed by atoms with van der Waals surface area (Å²) in [5, 5.41) is 15.1. The van der Waals surface area contributed by atoms with E-state index in [1.807, 2.05) is 24.3 Å². The lowest BCUT2D eigenvalue weighted by Gasteiger charge is -2.33. The van der Waals surface area contributed by atoms with Crippen molar-refractivity contribution in [2.24, 2.45) is 5.10 Å². The fourth-order valence-corrected chi connectivity index (χ4v) is 4.17. The Morgan fingerprint density at radius 3 is 2.70 bits per heavy atom. The molecule has 2 aliphatic rings. The summed E-state index contributed by atoms with van der Waals surface area (Å²) >= 11 is 0. The Labute approximate surface area is 154 Å². The largest absolute Gasteiger partial charge is 0.438 e. The van der Waals surface area contributed by atoms with Crippen molar-refractivity contribution in [3.8, 4) is 0 Å². The number of nitrogens with zero attached hydrogens (tertiary/aromatic N) is 3. The molecule has 1 atom stereocenters. The van der Waals surface area contributed by atoms with Gasteiger partial charge in [-0.1, -0.05) is 18.2 Å². The number of benzene rings is 1. The summed E-state index contributed by atoms with van der Waals surface area (Å²) in [6, 6.07) is 7.61. The van der Waals surface area contributed by atoms with Gasteiger partial charge in [0.15, 0.2) is 0 Å². The molecule has 1 N–H and O–H groups in total. The normalized spacial score (nSPS) is 22.9. The monoisotopic (exact) mass is 379 g/mol. The molecule has 144 valence electrons. The molecule has 5 nitrogen and oxygen atoms in total. The standard InChI is InChI=1S/C19H20F3N3O2/c1-12-10-18(27,19(20,21)22)25(23-12)17(26)11-24-15-8-4-2-6-13(15)14-7-3-5-9-16(14)24/h2,4,6,8,27H,3,5,7,9-11H2,1H3. The minimum atomic E-state index is -4.98. The number of hydrogen-bond donors (Lipinski definition) is 1. The molecule has 2 heterocycles. The summed E-state index contributed by atoms with van der Waals surface area (Å²) in [7, 11) is 0. The lowest BCUT2D eigenvalue weighted by molar-refractivity contribution is -0.302. The van der Waals surface area contributed by atoms with Gasteiger partial charge in [0.05, 0.1) is 0 Å². The third-order valence-corrected chi connectivity index (χ3v) is 5.39. The van der Waals surface area contributed by atoms with Gasteiger partial charge < -0.3 is 9.67 Å². The van der Waals surface area contributed by atoms with Crippen molar-refractivity contribution in [1.29, 1.82) is 0 Å². The van der Waals surface area contributed by atoms with Crippen LogP contribution in [0.5, 0.6) is 0 Å². The van der Waals surface area contributed by atoms with Crippen LogP contribution in [0.15, 0.2) is 29.4 Å². The molecule has 1 aliphatic carbocycles. The molecule has 2 aromatic rings. The van der Waals surface area contributed by atoms with Crippen LogP contribution < -0.4 is 0 Å². The van der Waals surface area contributed by atoms with Gasteiger partial charge in [0, 0.05) is 28.7 Å². The third-order valence-electron chi connectivity index (χ3n) is 5.39. The van der Waals surface area contributed by atoms with Crippen molar-refractivity contribution in [3.63, 3.8) is 0 Å². The van der Waals surface area contributed by atoms with Crippen LogP contribution in [0, 0.1) is 0 Å². The van der Waals surface area contributed by atoms with Gasteiger partial charge in [-0.25, -0.2) is 0 Å². The predicted octanol–water partition coefficient (Wildman–Crippen LogP) is 3.38. The quantitative estimate of drug-likeness (QED) is 0.870. The number of amides is 1. The van der Waals surface area contributed by atoms with E-state index in [9.17, 15) is 23.1 Å². The lowest BCUT2D eigenvalue weighted by Crippen LogP contribution is -2.57. The molecule has 27 heavy (non-hydrogen) atoms. The molecule has 0 saturated carbocycles. The smallest absolute Gasteiger partial charge is 0.362 e. The van der Waals surface area contributed by atoms with E-state index in [4.69, 9.17) is 0 Å². The Balaban J connectivity index is 1.74. The highest BCUT2D eigenvalue weighted by molar-refractivity contribution is 5.91. The number of aryl methyl sites for hydroxylation is 1. The number of aliphatic hydroxyl groups is 1. The minimum Gasteiger partial charge on any atom is -0.362 e. The van der Waals surface area contributed by atoms with Crippen LogP contribution in [-0.2, 0) is 24.2 Å². The molecule has 1 aromatic heterocycles. The Morgan fingerprint density at radius 1 is 1.26 bits per heavy atom. The van der Waals surface area contributed by atoms with Crippen molar-refractivity contribution >= 4 is 22.5 Å². The fourth-order valence-electron chi connectivity index (χ4n) is 4.17. The number of carbonyl (C=O) groups excluding carboxylic acids is 1. The number of alkyl halides is 3. The maximum atomic E-state index is 13.4. The molecule has 1 amide bonds. The first-order chi connectivity index (χ1) is 12.7. The first-order valence-corrected chi connectivity index (χ1v) is 8.97. The van der Waals surface area contributed by atoms with Crippen molar-refractivity contribution in [1.82, 2.24) is 9.58 Å². The average molecular weight is 379 g/mol. The van der Waals surface area contributed by atoms with Crippen LogP contribution in [0.25, 0.3) is 10.9 Å². The van der Waals surface area contributed by atoms with E-state index in [1.165, 1.54) is 6.92 Å². The van der Waals surface area contributed by atoms with Crippen molar-refractivity contribution in [2.45, 2.75) is 57.5 Å². The van der Waals surface area contributed by atoms with Gasteiger partial charge in [0.1, 0.15) is 6.54 Å². The molecule has 0 bridgehead atoms. The van der Waals surface area contributed by atoms with E-state index in [2.05, 4.69) is 5.10 Å². The zero-order valence-corrected chi connectivity index (χ0v) is 14.9. The predicted molar refractivity (Wildman–Crippen MR) is 94.2 cm³/mol. The molecule has 4 rings (SSSR count). The van der Waals surface area contributed by atoms with E-state index in [0.717, 1.165) is 47.8 Å². The zero-order valence-electron chi connectivity index (χ0n) is 14.9. The number of para-hydroxylation sites is 1. The van der Waals surface area contributed by atoms with E-state index >= 15 is 0 Å². The number of fused-ring (bicyclic) bond motifs is 3. The second-order valence-electron chi connectivity index (χ2n) is 7.27. The maximum absolute atomic E-state index is 13.4. The van der Waals surface area contributed by atoms with Crippen molar-refractivity contribution in [3.05, 3.63) is 35.5 Å². The summed E-state index contributed by atoms with van der Waals surface area (Å²) in [6.45, 7) is 1.09. The van der Waals surface area contributed by atoms with Gasteiger partial charge in [0.2, 0.25) is 0 Å². The van der Waals surface area contributed by atoms with Gasteiger partial charge in [0.25, 0.3) is 11.6 Å². The summed E-state index contributed by atoms with van der Waals surface area (Å²) in [5.74, 6) is -0.874. The van der Waals surface area contributed by atoms with Crippen LogP contribution in [0.2, 0.25) is 0 Å². The van der Waals surface area contributed by atoms with E-state index in [-0.39, 0.29) is 17.3 Å². The van der Waals surface area contributed by atoms with E-state index in [1.54, 1.807) is 4.57 Å². The van der Waals surface area contributed by atoms with E-state index < -0.39 is 24.2 Å². The summed E-state index contributed by atoms with van der Waals surface area (Å²) in [4.78, 5) is 12.8. The summed E-state index contributed by atoms with van der Waals surface area (Å²) < 4.78 is 42.0. The highest BCUT2D eigenvalue weighted by Crippen LogP contribution is 2.40. The van der Waals surface area contributed by atoms with Crippen LogP contribution in [0.3, 0.4) is 0 Å². The Morgan fingerprint density at radius 2 is 1.96 bits per heavy atom. The Bertz CT molecular complexity index is 948. The van der Waals surface area contributed by atoms with Crippen molar-refractivity contribution in [2.75, 3.05) is 0 Å². The maximum Gasteiger partial charge on any atom is 0.438 e. The van der Waals surface area contributed by atoms with Crippen LogP contribution in [0.4, 0.5) is 13.2 Å². The lowest BCUT2D eigenvalue weighted by atomic mass is 9.95. The molecular weight excluding hydrogens is 359 g/mol. The summed E-state index contributed by atoms with van der Waals surface area (Å²) in [6.07, 6.45) is -2.01. The molecule has 0 fully saturated rings. The number of hydrogen-bond acceptors (Lipinski definition) is 3. The average Bonchev–Trinajstić information content (AvgIpc) is 3.11. The fraction of sp³-hybridized carbons (Fsp3) is 0.474. The summed E-state index contributed by atoms with van der Waals surface area (Å²) in [5.41, 5.74) is -0.226. The molecule has 0 saturated heterocycles. The molecule has 0 spiro atoms. The number of hydrazone groups is 1. The van der Waals surface area contributed by atoms with Gasteiger partial charge in [-0.05, 0) is 44.2 Å². The first-order valence-electron chi connectivity index (χ1n) is 8.97. The van der Waals surface area contributed by atoms with Gasteiger partial charge in [-0.15, -0.1) is 0 Å². The van der Waals surface area contributed by atoms with Crippen LogP contribution >= 0.6 is 0 Å². The Kier molecular flexibility index (Phi) is 4.06. The van der Waals surface area contributed by atoms with Gasteiger partial charge in [-0.2, -0.15) is 23.3 Å². The van der Waals surface area contributed by atoms with Crippen molar-refractivity contribution < 1.29 is 23.1 Å². The number of aromatic nitrogens is 1. The molecule has 8 heteroatoms.